The molecule has 3 heterocycles. The monoisotopic (exact) mass is 523 g/mol. The number of ether oxygens (including phenoxy) is 1. The Hall–Kier alpha value is -3.66. The van der Waals surface area contributed by atoms with Crippen LogP contribution in [-0.2, 0) is 4.79 Å². The number of carbonyl (C=O) groups is 2. The summed E-state index contributed by atoms with van der Waals surface area (Å²) in [4.78, 5) is 31.1. The highest BCUT2D eigenvalue weighted by molar-refractivity contribution is 6.00. The molecular weight excluding hydrogens is 489 g/mol. The van der Waals surface area contributed by atoms with Crippen LogP contribution in [0.1, 0.15) is 48.2 Å². The second-order valence-corrected chi connectivity index (χ2v) is 10.3. The average Bonchev–Trinajstić information content (AvgIpc) is 3.58. The zero-order chi connectivity index (χ0) is 26.6. The minimum absolute atomic E-state index is 0.0157. The lowest BCUT2D eigenvalue weighted by molar-refractivity contribution is -0.119. The van der Waals surface area contributed by atoms with E-state index in [1.54, 1.807) is 19.1 Å². The van der Waals surface area contributed by atoms with Crippen molar-refractivity contribution in [2.45, 2.75) is 45.1 Å². The van der Waals surface area contributed by atoms with Gasteiger partial charge in [0.2, 0.25) is 5.91 Å². The molecular formula is C28H34FN5O4. The number of benzene rings is 1. The highest BCUT2D eigenvalue weighted by Crippen LogP contribution is 2.32. The van der Waals surface area contributed by atoms with Gasteiger partial charge in [-0.1, -0.05) is 5.16 Å². The van der Waals surface area contributed by atoms with Crippen molar-refractivity contribution in [1.29, 1.82) is 0 Å². The predicted octanol–water partition coefficient (Wildman–Crippen LogP) is 4.18. The number of anilines is 2. The number of halogens is 1. The summed E-state index contributed by atoms with van der Waals surface area (Å²) < 4.78 is 25.6. The molecule has 1 unspecified atom stereocenters. The number of nitrogens with one attached hydrogen (secondary N) is 2. The molecule has 2 N–H and O–H groups in total. The molecule has 1 aromatic carbocycles. The first-order valence-electron chi connectivity index (χ1n) is 13.2. The van der Waals surface area contributed by atoms with Gasteiger partial charge in [-0.2, -0.15) is 0 Å². The van der Waals surface area contributed by atoms with Gasteiger partial charge in [0.25, 0.3) is 5.91 Å². The van der Waals surface area contributed by atoms with E-state index in [0.717, 1.165) is 57.5 Å². The van der Waals surface area contributed by atoms with Gasteiger partial charge in [-0.3, -0.25) is 9.59 Å². The number of aromatic nitrogens is 1. The van der Waals surface area contributed by atoms with Crippen molar-refractivity contribution < 1.29 is 23.2 Å². The molecule has 0 radical (unpaired) electrons. The van der Waals surface area contributed by atoms with E-state index in [-0.39, 0.29) is 18.3 Å². The first kappa shape index (κ1) is 26.0. The summed E-state index contributed by atoms with van der Waals surface area (Å²) in [5.41, 5.74) is 1.72. The molecule has 0 spiro atoms. The largest absolute Gasteiger partial charge is 0.489 e. The van der Waals surface area contributed by atoms with E-state index in [2.05, 4.69) is 32.6 Å². The number of hydrogen-bond donors (Lipinski definition) is 2. The Balaban J connectivity index is 1.36. The lowest BCUT2D eigenvalue weighted by atomic mass is 9.94. The molecule has 2 amide bonds. The van der Waals surface area contributed by atoms with Crippen molar-refractivity contribution in [1.82, 2.24) is 15.4 Å². The molecule has 1 atom stereocenters. The van der Waals surface area contributed by atoms with Crippen LogP contribution in [0.3, 0.4) is 0 Å². The molecule has 9 nitrogen and oxygen atoms in total. The quantitative estimate of drug-likeness (QED) is 0.562. The van der Waals surface area contributed by atoms with E-state index < -0.39 is 23.6 Å². The van der Waals surface area contributed by atoms with E-state index >= 15 is 0 Å². The Kier molecular flexibility index (Phi) is 7.78. The maximum absolute atomic E-state index is 14.2. The van der Waals surface area contributed by atoms with Gasteiger partial charge in [0.15, 0.2) is 5.82 Å². The second-order valence-electron chi connectivity index (χ2n) is 10.3. The second kappa shape index (κ2) is 11.4. The number of amides is 2. The third-order valence-corrected chi connectivity index (χ3v) is 7.31. The Morgan fingerprint density at radius 2 is 1.84 bits per heavy atom. The van der Waals surface area contributed by atoms with E-state index in [9.17, 15) is 14.0 Å². The smallest absolute Gasteiger partial charge is 0.259 e. The molecule has 2 saturated heterocycles. The average molecular weight is 524 g/mol. The fourth-order valence-corrected chi connectivity index (χ4v) is 5.12. The third-order valence-electron chi connectivity index (χ3n) is 7.31. The van der Waals surface area contributed by atoms with Crippen molar-refractivity contribution >= 4 is 23.3 Å². The van der Waals surface area contributed by atoms with Crippen molar-refractivity contribution in [3.8, 4) is 5.75 Å². The number of rotatable bonds is 7. The molecule has 3 aliphatic rings. The van der Waals surface area contributed by atoms with Gasteiger partial charge in [0, 0.05) is 56.1 Å². The molecule has 2 fully saturated rings. The van der Waals surface area contributed by atoms with Crippen molar-refractivity contribution in [3.05, 3.63) is 59.3 Å². The Morgan fingerprint density at radius 1 is 1.08 bits per heavy atom. The van der Waals surface area contributed by atoms with Gasteiger partial charge in [0.05, 0.1) is 11.5 Å². The van der Waals surface area contributed by atoms with Crippen LogP contribution in [0.5, 0.6) is 5.75 Å². The molecule has 2 aliphatic heterocycles. The Labute approximate surface area is 221 Å². The summed E-state index contributed by atoms with van der Waals surface area (Å²) in [7, 11) is 2.09. The van der Waals surface area contributed by atoms with Crippen LogP contribution in [0.15, 0.2) is 52.5 Å². The van der Waals surface area contributed by atoms with E-state index in [0.29, 0.717) is 22.8 Å². The van der Waals surface area contributed by atoms with E-state index in [4.69, 9.17) is 9.26 Å². The summed E-state index contributed by atoms with van der Waals surface area (Å²) in [6, 6.07) is 7.24. The summed E-state index contributed by atoms with van der Waals surface area (Å²) in [6.45, 7) is 5.53. The molecule has 2 aromatic rings. The van der Waals surface area contributed by atoms with Crippen LogP contribution in [0, 0.1) is 12.8 Å². The number of carbonyl (C=O) groups excluding carboxylic acids is 2. The summed E-state index contributed by atoms with van der Waals surface area (Å²) >= 11 is 0. The fourth-order valence-electron chi connectivity index (χ4n) is 5.12. The molecule has 0 bridgehead atoms. The highest BCUT2D eigenvalue weighted by atomic mass is 19.1. The van der Waals surface area contributed by atoms with Crippen LogP contribution in [0.4, 0.5) is 15.9 Å². The highest BCUT2D eigenvalue weighted by Gasteiger charge is 2.30. The van der Waals surface area contributed by atoms with Gasteiger partial charge in [-0.05, 0) is 63.9 Å². The van der Waals surface area contributed by atoms with Crippen LogP contribution >= 0.6 is 0 Å². The number of hydrogen-bond acceptors (Lipinski definition) is 7. The minimum atomic E-state index is -0.928. The first-order valence-corrected chi connectivity index (χ1v) is 13.2. The molecule has 1 aliphatic carbocycles. The van der Waals surface area contributed by atoms with Gasteiger partial charge >= 0.3 is 0 Å². The Bertz CT molecular complexity index is 1240. The summed E-state index contributed by atoms with van der Waals surface area (Å²) in [6.07, 6.45) is 6.60. The van der Waals surface area contributed by atoms with Crippen LogP contribution in [0.25, 0.3) is 0 Å². The molecule has 5 rings (SSSR count). The zero-order valence-electron chi connectivity index (χ0n) is 21.8. The van der Waals surface area contributed by atoms with E-state index in [1.165, 1.54) is 12.2 Å². The third kappa shape index (κ3) is 6.07. The minimum Gasteiger partial charge on any atom is -0.489 e. The van der Waals surface area contributed by atoms with Gasteiger partial charge in [-0.15, -0.1) is 0 Å². The number of aryl methyl sites for hydroxylation is 1. The Morgan fingerprint density at radius 3 is 2.55 bits per heavy atom. The van der Waals surface area contributed by atoms with Gasteiger partial charge < -0.3 is 29.7 Å². The lowest BCUT2D eigenvalue weighted by Gasteiger charge is -2.30. The van der Waals surface area contributed by atoms with Crippen molar-refractivity contribution in [2.75, 3.05) is 43.4 Å². The van der Waals surface area contributed by atoms with Crippen LogP contribution < -0.4 is 20.3 Å². The number of piperidine rings is 1. The fraction of sp³-hybridized carbons (Fsp3) is 0.464. The molecule has 38 heavy (non-hydrogen) atoms. The summed E-state index contributed by atoms with van der Waals surface area (Å²) in [5.74, 6) is -0.964. The van der Waals surface area contributed by atoms with Gasteiger partial charge in [0.1, 0.15) is 23.4 Å². The standard InChI is InChI=1S/C28H34FN5O4/c1-18-15-26(32-38-18)31-28(36)23-16-19(29)5-8-24(23)30-27(35)22-7-6-20(34-11-3-4-12-34)17-25(22)37-21-9-13-33(2)14-10-21/h5-8,15,17,21,23H,3-4,9-14,16H2,1-2H3,(H,30,35)(H,31,32,36). The SMILES string of the molecule is Cc1cc(NC(=O)C2CC(F)=CC=C2NC(=O)c2ccc(N3CCCC3)cc2OC2CCN(C)CC2)no1. The topological polar surface area (TPSA) is 99.9 Å². The van der Waals surface area contributed by atoms with Crippen LogP contribution in [-0.4, -0.2) is 61.2 Å². The molecule has 202 valence electrons. The molecule has 10 heteroatoms. The predicted molar refractivity (Wildman–Crippen MR) is 142 cm³/mol. The maximum atomic E-state index is 14.2. The van der Waals surface area contributed by atoms with Crippen LogP contribution in [0.2, 0.25) is 0 Å². The number of likely N-dealkylation sites (tertiary alicyclic amines) is 1. The van der Waals surface area contributed by atoms with Gasteiger partial charge in [-0.25, -0.2) is 4.39 Å². The zero-order valence-corrected chi connectivity index (χ0v) is 21.8. The maximum Gasteiger partial charge on any atom is 0.259 e. The van der Waals surface area contributed by atoms with Crippen molar-refractivity contribution in [2.24, 2.45) is 5.92 Å². The lowest BCUT2D eigenvalue weighted by Crippen LogP contribution is -2.37. The first-order chi connectivity index (χ1) is 18.4. The number of nitrogens with zero attached hydrogens (tertiary/aromatic N) is 3. The summed E-state index contributed by atoms with van der Waals surface area (Å²) in [5, 5.41) is 9.27. The molecule has 1 aromatic heterocycles. The normalized spacial score (nSPS) is 20.6. The number of allylic oxidation sites excluding steroid dienone is 3. The van der Waals surface area contributed by atoms with Crippen molar-refractivity contribution in [3.63, 3.8) is 0 Å². The van der Waals surface area contributed by atoms with E-state index in [1.807, 2.05) is 12.1 Å². The molecule has 0 saturated carbocycles.